The van der Waals surface area contributed by atoms with Gasteiger partial charge in [-0.2, -0.15) is 4.98 Å². The molecule has 4 rings (SSSR count). The average Bonchev–Trinajstić information content (AvgIpc) is 3.24. The van der Waals surface area contributed by atoms with Crippen molar-refractivity contribution in [1.29, 1.82) is 0 Å². The normalized spacial score (nSPS) is 13.9. The van der Waals surface area contributed by atoms with Crippen molar-refractivity contribution in [3.8, 4) is 17.2 Å². The quantitative estimate of drug-likeness (QED) is 0.651. The third kappa shape index (κ3) is 3.50. The number of thiophene rings is 1. The molecule has 0 bridgehead atoms. The summed E-state index contributed by atoms with van der Waals surface area (Å²) < 4.78 is 45.3. The fraction of sp³-hybridized carbons (Fsp3) is 0.333. The summed E-state index contributed by atoms with van der Waals surface area (Å²) in [5.74, 6) is 1.09. The van der Waals surface area contributed by atoms with Crippen LogP contribution in [0.4, 0.5) is 5.00 Å². The zero-order valence-electron chi connectivity index (χ0n) is 15.4. The molecular formula is C18H19N3O5S2. The minimum Gasteiger partial charge on any atom is -0.492 e. The maximum absolute atomic E-state index is 13.1. The second-order valence-corrected chi connectivity index (χ2v) is 8.90. The van der Waals surface area contributed by atoms with E-state index >= 15 is 0 Å². The molecule has 0 amide bonds. The number of ether oxygens (including phenoxy) is 2. The van der Waals surface area contributed by atoms with E-state index in [1.165, 1.54) is 17.4 Å². The number of hydrogen-bond acceptors (Lipinski definition) is 8. The molecule has 0 unspecified atom stereocenters. The van der Waals surface area contributed by atoms with Crippen LogP contribution >= 0.6 is 11.3 Å². The van der Waals surface area contributed by atoms with Crippen molar-refractivity contribution >= 4 is 26.4 Å². The molecule has 3 heterocycles. The summed E-state index contributed by atoms with van der Waals surface area (Å²) >= 11 is 1.32. The molecule has 0 aliphatic carbocycles. The molecular weight excluding hydrogens is 402 g/mol. The van der Waals surface area contributed by atoms with Crippen LogP contribution in [0.15, 0.2) is 33.7 Å². The van der Waals surface area contributed by atoms with Crippen LogP contribution in [0.1, 0.15) is 23.2 Å². The monoisotopic (exact) mass is 421 g/mol. The lowest BCUT2D eigenvalue weighted by Crippen LogP contribution is -2.14. The smallest absolute Gasteiger partial charge is 0.266 e. The molecule has 8 nitrogen and oxygen atoms in total. The van der Waals surface area contributed by atoms with Gasteiger partial charge in [0.15, 0.2) is 5.82 Å². The maximum atomic E-state index is 13.1. The summed E-state index contributed by atoms with van der Waals surface area (Å²) in [7, 11) is -3.88. The SMILES string of the molecule is CCOc1ccccc1S(=O)(=O)Nc1sc2c(c1-c1nc(C)no1)CCOC2. The Labute approximate surface area is 166 Å². The lowest BCUT2D eigenvalue weighted by molar-refractivity contribution is 0.113. The highest BCUT2D eigenvalue weighted by Gasteiger charge is 2.29. The largest absolute Gasteiger partial charge is 0.492 e. The van der Waals surface area contributed by atoms with Gasteiger partial charge in [-0.3, -0.25) is 4.72 Å². The molecule has 1 N–H and O–H groups in total. The molecule has 148 valence electrons. The van der Waals surface area contributed by atoms with Crippen LogP contribution in [0.5, 0.6) is 5.75 Å². The molecule has 2 aromatic heterocycles. The van der Waals surface area contributed by atoms with Gasteiger partial charge in [-0.15, -0.1) is 11.3 Å². The summed E-state index contributed by atoms with van der Waals surface area (Å²) in [6.45, 7) is 4.88. The van der Waals surface area contributed by atoms with Gasteiger partial charge in [0.05, 0.1) is 25.4 Å². The van der Waals surface area contributed by atoms with Gasteiger partial charge >= 0.3 is 0 Å². The molecule has 10 heteroatoms. The summed E-state index contributed by atoms with van der Waals surface area (Å²) in [4.78, 5) is 5.33. The first-order valence-corrected chi connectivity index (χ1v) is 11.1. The van der Waals surface area contributed by atoms with Crippen molar-refractivity contribution in [3.63, 3.8) is 0 Å². The van der Waals surface area contributed by atoms with E-state index in [9.17, 15) is 8.42 Å². The minimum atomic E-state index is -3.88. The first kappa shape index (κ1) is 18.9. The van der Waals surface area contributed by atoms with Crippen LogP contribution in [0.2, 0.25) is 0 Å². The lowest BCUT2D eigenvalue weighted by Gasteiger charge is -2.13. The number of hydrogen-bond donors (Lipinski definition) is 1. The molecule has 0 radical (unpaired) electrons. The van der Waals surface area contributed by atoms with Crippen LogP contribution in [0.3, 0.4) is 0 Å². The Morgan fingerprint density at radius 1 is 1.32 bits per heavy atom. The molecule has 1 aliphatic heterocycles. The number of aromatic nitrogens is 2. The highest BCUT2D eigenvalue weighted by Crippen LogP contribution is 2.43. The zero-order valence-corrected chi connectivity index (χ0v) is 17.0. The number of para-hydroxylation sites is 1. The number of fused-ring (bicyclic) bond motifs is 1. The summed E-state index contributed by atoms with van der Waals surface area (Å²) in [6, 6.07) is 6.54. The number of rotatable bonds is 6. The Morgan fingerprint density at radius 2 is 2.14 bits per heavy atom. The Kier molecular flexibility index (Phi) is 5.09. The Hall–Kier alpha value is -2.43. The molecule has 0 saturated carbocycles. The highest BCUT2D eigenvalue weighted by atomic mass is 32.2. The van der Waals surface area contributed by atoms with E-state index in [2.05, 4.69) is 14.9 Å². The van der Waals surface area contributed by atoms with Gasteiger partial charge in [0.25, 0.3) is 15.9 Å². The van der Waals surface area contributed by atoms with Crippen molar-refractivity contribution in [1.82, 2.24) is 10.1 Å². The second kappa shape index (κ2) is 7.53. The third-order valence-corrected chi connectivity index (χ3v) is 6.87. The van der Waals surface area contributed by atoms with E-state index in [1.54, 1.807) is 32.0 Å². The molecule has 0 atom stereocenters. The van der Waals surface area contributed by atoms with Crippen LogP contribution in [-0.4, -0.2) is 31.8 Å². The van der Waals surface area contributed by atoms with Gasteiger partial charge in [-0.05, 0) is 38.0 Å². The molecule has 1 aromatic carbocycles. The van der Waals surface area contributed by atoms with Crippen molar-refractivity contribution in [3.05, 3.63) is 40.5 Å². The number of anilines is 1. The highest BCUT2D eigenvalue weighted by molar-refractivity contribution is 7.93. The van der Waals surface area contributed by atoms with Gasteiger partial charge in [0.1, 0.15) is 15.6 Å². The van der Waals surface area contributed by atoms with Gasteiger partial charge in [0.2, 0.25) is 0 Å². The van der Waals surface area contributed by atoms with Crippen molar-refractivity contribution in [2.24, 2.45) is 0 Å². The fourth-order valence-corrected chi connectivity index (χ4v) is 5.68. The Morgan fingerprint density at radius 3 is 2.89 bits per heavy atom. The van der Waals surface area contributed by atoms with E-state index in [-0.39, 0.29) is 4.90 Å². The van der Waals surface area contributed by atoms with Crippen molar-refractivity contribution in [2.75, 3.05) is 17.9 Å². The summed E-state index contributed by atoms with van der Waals surface area (Å²) in [5.41, 5.74) is 1.61. The van der Waals surface area contributed by atoms with E-state index in [1.807, 2.05) is 0 Å². The van der Waals surface area contributed by atoms with Crippen LogP contribution in [0.25, 0.3) is 11.5 Å². The van der Waals surface area contributed by atoms with Crippen LogP contribution in [0, 0.1) is 6.92 Å². The Balaban J connectivity index is 1.79. The molecule has 28 heavy (non-hydrogen) atoms. The fourth-order valence-electron chi connectivity index (χ4n) is 3.05. The second-order valence-electron chi connectivity index (χ2n) is 6.14. The number of nitrogens with one attached hydrogen (secondary N) is 1. The standard InChI is InChI=1S/C18H19N3O5S2/c1-3-25-13-6-4-5-7-15(13)28(22,23)21-18-16(17-19-11(2)20-26-17)12-8-9-24-10-14(12)27-18/h4-7,21H,3,8-10H2,1-2H3. The summed E-state index contributed by atoms with van der Waals surface area (Å²) in [5, 5.41) is 4.28. The van der Waals surface area contributed by atoms with Crippen LogP contribution < -0.4 is 9.46 Å². The molecule has 0 saturated heterocycles. The first-order chi connectivity index (χ1) is 13.5. The first-order valence-electron chi connectivity index (χ1n) is 8.77. The van der Waals surface area contributed by atoms with Crippen LogP contribution in [-0.2, 0) is 27.8 Å². The van der Waals surface area contributed by atoms with Gasteiger partial charge < -0.3 is 14.0 Å². The van der Waals surface area contributed by atoms with E-state index in [0.717, 1.165) is 10.4 Å². The van der Waals surface area contributed by atoms with Gasteiger partial charge in [0, 0.05) is 4.88 Å². The summed E-state index contributed by atoms with van der Waals surface area (Å²) in [6.07, 6.45) is 0.653. The van der Waals surface area contributed by atoms with Gasteiger partial charge in [-0.25, -0.2) is 8.42 Å². The predicted molar refractivity (Wildman–Crippen MR) is 104 cm³/mol. The van der Waals surface area contributed by atoms with Gasteiger partial charge in [-0.1, -0.05) is 17.3 Å². The number of sulfonamides is 1. The number of nitrogens with zero attached hydrogens (tertiary/aromatic N) is 2. The minimum absolute atomic E-state index is 0.0760. The maximum Gasteiger partial charge on any atom is 0.266 e. The molecule has 1 aliphatic rings. The Bertz CT molecular complexity index is 1100. The predicted octanol–water partition coefficient (Wildman–Crippen LogP) is 3.38. The van der Waals surface area contributed by atoms with E-state index in [0.29, 0.717) is 54.3 Å². The third-order valence-electron chi connectivity index (χ3n) is 4.23. The topological polar surface area (TPSA) is 104 Å². The van der Waals surface area contributed by atoms with E-state index < -0.39 is 10.0 Å². The van der Waals surface area contributed by atoms with Crippen molar-refractivity contribution < 1.29 is 22.4 Å². The zero-order chi connectivity index (χ0) is 19.7. The number of benzene rings is 1. The van der Waals surface area contributed by atoms with E-state index in [4.69, 9.17) is 14.0 Å². The molecule has 0 spiro atoms. The number of aryl methyl sites for hydroxylation is 1. The molecule has 0 fully saturated rings. The average molecular weight is 422 g/mol. The van der Waals surface area contributed by atoms with Crippen molar-refractivity contribution in [2.45, 2.75) is 31.8 Å². The lowest BCUT2D eigenvalue weighted by atomic mass is 10.1. The molecule has 3 aromatic rings.